The third kappa shape index (κ3) is 2.37. The molecule has 18 heavy (non-hydrogen) atoms. The molecule has 1 heterocycles. The summed E-state index contributed by atoms with van der Waals surface area (Å²) in [6.45, 7) is 1.59. The molecule has 2 aliphatic rings. The minimum atomic E-state index is -4.66. The Labute approximate surface area is 102 Å². The van der Waals surface area contributed by atoms with Gasteiger partial charge in [0.1, 0.15) is 6.10 Å². The van der Waals surface area contributed by atoms with Crippen LogP contribution in [-0.2, 0) is 14.3 Å². The Balaban J connectivity index is 2.32. The van der Waals surface area contributed by atoms with E-state index in [4.69, 9.17) is 4.74 Å². The van der Waals surface area contributed by atoms with E-state index < -0.39 is 29.6 Å². The van der Waals surface area contributed by atoms with E-state index in [1.165, 1.54) is 0 Å². The molecule has 2 atom stereocenters. The van der Waals surface area contributed by atoms with Crippen LogP contribution in [0.1, 0.15) is 19.8 Å². The summed E-state index contributed by atoms with van der Waals surface area (Å²) in [5, 5.41) is 0. The zero-order valence-electron chi connectivity index (χ0n) is 9.79. The van der Waals surface area contributed by atoms with Gasteiger partial charge in [0.25, 0.3) is 0 Å². The molecule has 0 fully saturated rings. The lowest BCUT2D eigenvalue weighted by Gasteiger charge is -2.30. The van der Waals surface area contributed by atoms with Crippen molar-refractivity contribution in [3.63, 3.8) is 0 Å². The quantitative estimate of drug-likeness (QED) is 0.567. The van der Waals surface area contributed by atoms with E-state index in [-0.39, 0.29) is 18.9 Å². The molecule has 0 aromatic heterocycles. The smallest absolute Gasteiger partial charge is 0.449 e. The van der Waals surface area contributed by atoms with Crippen LogP contribution in [0.4, 0.5) is 13.2 Å². The predicted octanol–water partition coefficient (Wildman–Crippen LogP) is 2.73. The van der Waals surface area contributed by atoms with Crippen LogP contribution in [0, 0.1) is 5.92 Å². The summed E-state index contributed by atoms with van der Waals surface area (Å²) in [5.41, 5.74) is -0.394. The van der Waals surface area contributed by atoms with E-state index in [1.54, 1.807) is 19.1 Å². The Kier molecular flexibility index (Phi) is 3.36. The number of esters is 1. The first-order valence-corrected chi connectivity index (χ1v) is 5.74. The Hall–Kier alpha value is -1.46. The van der Waals surface area contributed by atoms with E-state index in [0.717, 1.165) is 0 Å². The van der Waals surface area contributed by atoms with Crippen molar-refractivity contribution in [2.24, 2.45) is 5.92 Å². The van der Waals surface area contributed by atoms with E-state index in [2.05, 4.69) is 4.74 Å². The van der Waals surface area contributed by atoms with Gasteiger partial charge < -0.3 is 9.47 Å². The SMILES string of the molecule is CCOC(=O)C1=C(C(F)(F)F)OC2C=CCC2C1. The molecule has 2 unspecified atom stereocenters. The fraction of sp³-hybridized carbons (Fsp3) is 0.583. The van der Waals surface area contributed by atoms with Gasteiger partial charge in [-0.2, -0.15) is 13.2 Å². The standard InChI is InChI=1S/C12H13F3O3/c1-2-17-11(16)8-6-7-4-3-5-9(7)18-10(8)12(13,14)15/h3,5,7,9H,2,4,6H2,1H3. The molecule has 0 N–H and O–H groups in total. The van der Waals surface area contributed by atoms with Gasteiger partial charge in [-0.05, 0) is 25.8 Å². The summed E-state index contributed by atoms with van der Waals surface area (Å²) in [4.78, 5) is 11.6. The highest BCUT2D eigenvalue weighted by molar-refractivity contribution is 5.89. The molecule has 1 aliphatic heterocycles. The van der Waals surface area contributed by atoms with Gasteiger partial charge in [0.2, 0.25) is 5.76 Å². The number of hydrogen-bond donors (Lipinski definition) is 0. The molecular formula is C12H13F3O3. The first-order valence-electron chi connectivity index (χ1n) is 5.74. The lowest BCUT2D eigenvalue weighted by molar-refractivity contribution is -0.154. The Morgan fingerprint density at radius 2 is 2.28 bits per heavy atom. The zero-order chi connectivity index (χ0) is 13.3. The summed E-state index contributed by atoms with van der Waals surface area (Å²) in [7, 11) is 0. The van der Waals surface area contributed by atoms with E-state index >= 15 is 0 Å². The minimum Gasteiger partial charge on any atom is -0.481 e. The van der Waals surface area contributed by atoms with Crippen molar-refractivity contribution in [3.8, 4) is 0 Å². The predicted molar refractivity (Wildman–Crippen MR) is 56.5 cm³/mol. The normalized spacial score (nSPS) is 26.9. The third-order valence-corrected chi connectivity index (χ3v) is 3.00. The summed E-state index contributed by atoms with van der Waals surface area (Å²) < 4.78 is 48.1. The van der Waals surface area contributed by atoms with E-state index in [1.807, 2.05) is 0 Å². The molecule has 0 bridgehead atoms. The summed E-state index contributed by atoms with van der Waals surface area (Å²) in [5.74, 6) is -2.24. The Morgan fingerprint density at radius 3 is 2.89 bits per heavy atom. The fourth-order valence-corrected chi connectivity index (χ4v) is 2.21. The van der Waals surface area contributed by atoms with Crippen LogP contribution in [0.2, 0.25) is 0 Å². The molecule has 2 rings (SSSR count). The maximum atomic E-state index is 12.8. The average molecular weight is 262 g/mol. The lowest BCUT2D eigenvalue weighted by atomic mass is 9.91. The van der Waals surface area contributed by atoms with Crippen LogP contribution < -0.4 is 0 Å². The summed E-state index contributed by atoms with van der Waals surface area (Å²) >= 11 is 0. The summed E-state index contributed by atoms with van der Waals surface area (Å²) in [6, 6.07) is 0. The van der Waals surface area contributed by atoms with Crippen molar-refractivity contribution in [2.75, 3.05) is 6.61 Å². The van der Waals surface area contributed by atoms with Gasteiger partial charge >= 0.3 is 12.1 Å². The summed E-state index contributed by atoms with van der Waals surface area (Å²) in [6.07, 6.45) is -1.19. The second-order valence-corrected chi connectivity index (χ2v) is 4.24. The van der Waals surface area contributed by atoms with Gasteiger partial charge in [0, 0.05) is 5.92 Å². The van der Waals surface area contributed by atoms with Crippen LogP contribution >= 0.6 is 0 Å². The zero-order valence-corrected chi connectivity index (χ0v) is 9.79. The van der Waals surface area contributed by atoms with Gasteiger partial charge in [-0.3, -0.25) is 0 Å². The number of fused-ring (bicyclic) bond motifs is 1. The number of carbonyl (C=O) groups excluding carboxylic acids is 1. The lowest BCUT2D eigenvalue weighted by Crippen LogP contribution is -2.33. The topological polar surface area (TPSA) is 35.5 Å². The highest BCUT2D eigenvalue weighted by atomic mass is 19.4. The van der Waals surface area contributed by atoms with Crippen LogP contribution in [0.15, 0.2) is 23.5 Å². The van der Waals surface area contributed by atoms with Crippen molar-refractivity contribution in [3.05, 3.63) is 23.5 Å². The van der Waals surface area contributed by atoms with E-state index in [0.29, 0.717) is 6.42 Å². The molecule has 100 valence electrons. The number of rotatable bonds is 2. The van der Waals surface area contributed by atoms with Gasteiger partial charge in [0.05, 0.1) is 12.2 Å². The number of carbonyl (C=O) groups is 1. The Morgan fingerprint density at radius 1 is 1.56 bits per heavy atom. The number of ether oxygens (including phenoxy) is 2. The molecule has 0 saturated carbocycles. The van der Waals surface area contributed by atoms with Gasteiger partial charge in [-0.15, -0.1) is 0 Å². The fourth-order valence-electron chi connectivity index (χ4n) is 2.21. The van der Waals surface area contributed by atoms with Crippen molar-refractivity contribution in [1.29, 1.82) is 0 Å². The second-order valence-electron chi connectivity index (χ2n) is 4.24. The van der Waals surface area contributed by atoms with Crippen LogP contribution in [0.25, 0.3) is 0 Å². The number of hydrogen-bond acceptors (Lipinski definition) is 3. The maximum absolute atomic E-state index is 12.8. The highest BCUT2D eigenvalue weighted by Gasteiger charge is 2.47. The molecule has 3 nitrogen and oxygen atoms in total. The molecule has 0 saturated heterocycles. The van der Waals surface area contributed by atoms with E-state index in [9.17, 15) is 18.0 Å². The first-order chi connectivity index (χ1) is 8.43. The van der Waals surface area contributed by atoms with Crippen molar-refractivity contribution >= 4 is 5.97 Å². The first kappa shape index (κ1) is 13.0. The third-order valence-electron chi connectivity index (χ3n) is 3.00. The number of alkyl halides is 3. The van der Waals surface area contributed by atoms with Gasteiger partial charge in [0.15, 0.2) is 0 Å². The largest absolute Gasteiger partial charge is 0.481 e. The van der Waals surface area contributed by atoms with Gasteiger partial charge in [-0.25, -0.2) is 4.79 Å². The van der Waals surface area contributed by atoms with Crippen molar-refractivity contribution in [2.45, 2.75) is 32.0 Å². The molecule has 0 aromatic rings. The van der Waals surface area contributed by atoms with Crippen LogP contribution in [0.3, 0.4) is 0 Å². The van der Waals surface area contributed by atoms with Crippen molar-refractivity contribution < 1.29 is 27.4 Å². The maximum Gasteiger partial charge on any atom is 0.449 e. The average Bonchev–Trinajstić information content (AvgIpc) is 2.73. The second kappa shape index (κ2) is 4.66. The van der Waals surface area contributed by atoms with Crippen molar-refractivity contribution in [1.82, 2.24) is 0 Å². The van der Waals surface area contributed by atoms with Gasteiger partial charge in [-0.1, -0.05) is 6.08 Å². The molecule has 0 radical (unpaired) electrons. The minimum absolute atomic E-state index is 0.0415. The molecule has 0 amide bonds. The molecule has 0 spiro atoms. The van der Waals surface area contributed by atoms with Crippen LogP contribution in [-0.4, -0.2) is 24.9 Å². The number of halogens is 3. The number of allylic oxidation sites excluding steroid dienone is 2. The molecular weight excluding hydrogens is 249 g/mol. The molecule has 0 aromatic carbocycles. The Bertz CT molecular complexity index is 409. The highest BCUT2D eigenvalue weighted by Crippen LogP contribution is 2.41. The molecule has 1 aliphatic carbocycles. The van der Waals surface area contributed by atoms with Crippen LogP contribution in [0.5, 0.6) is 0 Å². The molecule has 6 heteroatoms. The monoisotopic (exact) mass is 262 g/mol.